The predicted molar refractivity (Wildman–Crippen MR) is 91.2 cm³/mol. The van der Waals surface area contributed by atoms with Crippen molar-refractivity contribution in [1.29, 1.82) is 0 Å². The molecule has 1 aliphatic heterocycles. The Hall–Kier alpha value is -1.17. The maximum atomic E-state index is 12.1. The van der Waals surface area contributed by atoms with Crippen molar-refractivity contribution in [3.63, 3.8) is 0 Å². The molecule has 3 N–H and O–H groups in total. The molecule has 6 atom stereocenters. The summed E-state index contributed by atoms with van der Waals surface area (Å²) in [4.78, 5) is 12.1. The van der Waals surface area contributed by atoms with Gasteiger partial charge in [-0.2, -0.15) is 0 Å². The first-order valence-electron chi connectivity index (χ1n) is 8.77. The fourth-order valence-corrected chi connectivity index (χ4v) is 3.58. The van der Waals surface area contributed by atoms with Gasteiger partial charge in [-0.05, 0) is 51.9 Å². The lowest BCUT2D eigenvalue weighted by molar-refractivity contribution is -0.173. The summed E-state index contributed by atoms with van der Waals surface area (Å²) in [5.41, 5.74) is 0.184. The van der Waals surface area contributed by atoms with Gasteiger partial charge in [-0.15, -0.1) is 0 Å². The van der Waals surface area contributed by atoms with Crippen LogP contribution in [-0.4, -0.2) is 45.2 Å². The van der Waals surface area contributed by atoms with E-state index in [9.17, 15) is 20.1 Å². The lowest BCUT2D eigenvalue weighted by Crippen LogP contribution is -2.51. The molecular weight excluding hydrogens is 308 g/mol. The number of fused-ring (bicyclic) bond motifs is 2. The Morgan fingerprint density at radius 2 is 2.00 bits per heavy atom. The standard InChI is InChI=1S/C19H30O5/c1-11-6-5-9-19(4,23)15-10-14(13(3)18(22)24-15)17(21)16(20)12(2)8-7-11/h6,12,14-17,20-21,23H,3,5,7-10H2,1-2,4H3/b11-6+/t12-,14-,15+,16+,17+,19+/m0/s1. The Bertz CT molecular complexity index is 522. The number of carbonyl (C=O) groups is 1. The van der Waals surface area contributed by atoms with Gasteiger partial charge >= 0.3 is 5.97 Å². The quantitative estimate of drug-likeness (QED) is 0.358. The van der Waals surface area contributed by atoms with Crippen LogP contribution in [0.2, 0.25) is 0 Å². The smallest absolute Gasteiger partial charge is 0.334 e. The van der Waals surface area contributed by atoms with Crippen LogP contribution in [0.15, 0.2) is 23.8 Å². The molecule has 0 amide bonds. The number of carbonyl (C=O) groups excluding carboxylic acids is 1. The van der Waals surface area contributed by atoms with Gasteiger partial charge in [0.25, 0.3) is 0 Å². The van der Waals surface area contributed by atoms with Crippen LogP contribution in [0.5, 0.6) is 0 Å². The zero-order chi connectivity index (χ0) is 18.1. The summed E-state index contributed by atoms with van der Waals surface area (Å²) >= 11 is 0. The van der Waals surface area contributed by atoms with Crippen LogP contribution in [0.3, 0.4) is 0 Å². The molecule has 136 valence electrons. The first-order valence-corrected chi connectivity index (χ1v) is 8.77. The lowest BCUT2D eigenvalue weighted by Gasteiger charge is -2.41. The van der Waals surface area contributed by atoms with Crippen molar-refractivity contribution in [3.05, 3.63) is 23.8 Å². The second kappa shape index (κ2) is 7.38. The average molecular weight is 338 g/mol. The molecule has 5 heteroatoms. The van der Waals surface area contributed by atoms with Crippen LogP contribution in [0.4, 0.5) is 0 Å². The van der Waals surface area contributed by atoms with Gasteiger partial charge < -0.3 is 20.1 Å². The molecule has 2 bridgehead atoms. The third-order valence-corrected chi connectivity index (χ3v) is 5.60. The van der Waals surface area contributed by atoms with Gasteiger partial charge in [0, 0.05) is 11.5 Å². The minimum Gasteiger partial charge on any atom is -0.456 e. The van der Waals surface area contributed by atoms with E-state index in [2.05, 4.69) is 12.7 Å². The van der Waals surface area contributed by atoms with Crippen LogP contribution in [0, 0.1) is 11.8 Å². The fourth-order valence-electron chi connectivity index (χ4n) is 3.58. The molecule has 1 saturated heterocycles. The van der Waals surface area contributed by atoms with Crippen molar-refractivity contribution >= 4 is 5.97 Å². The first-order chi connectivity index (χ1) is 11.1. The Kier molecular flexibility index (Phi) is 5.89. The van der Waals surface area contributed by atoms with E-state index in [0.717, 1.165) is 12.8 Å². The maximum Gasteiger partial charge on any atom is 0.334 e. The van der Waals surface area contributed by atoms with Crippen molar-refractivity contribution in [2.75, 3.05) is 0 Å². The number of esters is 1. The molecule has 0 saturated carbocycles. The largest absolute Gasteiger partial charge is 0.456 e. The van der Waals surface area contributed by atoms with Crippen molar-refractivity contribution in [2.24, 2.45) is 11.8 Å². The summed E-state index contributed by atoms with van der Waals surface area (Å²) in [6, 6.07) is 0. The summed E-state index contributed by atoms with van der Waals surface area (Å²) in [6.07, 6.45) is 2.34. The van der Waals surface area contributed by atoms with Gasteiger partial charge in [-0.25, -0.2) is 4.79 Å². The Morgan fingerprint density at radius 1 is 1.33 bits per heavy atom. The molecule has 1 heterocycles. The number of hydrogen-bond donors (Lipinski definition) is 3. The minimum absolute atomic E-state index is 0.103. The normalized spacial score (nSPS) is 44.4. The van der Waals surface area contributed by atoms with Crippen LogP contribution in [0.1, 0.15) is 52.9 Å². The van der Waals surface area contributed by atoms with E-state index < -0.39 is 35.8 Å². The van der Waals surface area contributed by atoms with Crippen LogP contribution in [0.25, 0.3) is 0 Å². The third-order valence-electron chi connectivity index (χ3n) is 5.60. The zero-order valence-electron chi connectivity index (χ0n) is 14.9. The van der Waals surface area contributed by atoms with E-state index in [0.29, 0.717) is 12.8 Å². The Morgan fingerprint density at radius 3 is 2.67 bits per heavy atom. The molecule has 0 aromatic heterocycles. The van der Waals surface area contributed by atoms with E-state index in [4.69, 9.17) is 4.74 Å². The Labute approximate surface area is 144 Å². The highest BCUT2D eigenvalue weighted by Gasteiger charge is 2.45. The SMILES string of the molecule is C=C1C(=O)O[C@@H]2C[C@@H]1[C@@H](O)[C@H](O)[C@@H](C)CC/C(C)=C/CC[C@@]2(C)O. The van der Waals surface area contributed by atoms with E-state index >= 15 is 0 Å². The molecule has 0 unspecified atom stereocenters. The minimum atomic E-state index is -1.18. The second-order valence-electron chi connectivity index (χ2n) is 7.70. The summed E-state index contributed by atoms with van der Waals surface area (Å²) < 4.78 is 5.36. The van der Waals surface area contributed by atoms with E-state index in [1.54, 1.807) is 6.92 Å². The molecule has 5 nitrogen and oxygen atoms in total. The zero-order valence-corrected chi connectivity index (χ0v) is 14.9. The highest BCUT2D eigenvalue weighted by atomic mass is 16.6. The highest BCUT2D eigenvalue weighted by molar-refractivity contribution is 5.89. The maximum absolute atomic E-state index is 12.1. The van der Waals surface area contributed by atoms with Crippen molar-refractivity contribution in [2.45, 2.75) is 76.8 Å². The highest BCUT2D eigenvalue weighted by Crippen LogP contribution is 2.37. The first kappa shape index (κ1) is 19.2. The molecule has 0 aromatic carbocycles. The number of rotatable bonds is 0. The van der Waals surface area contributed by atoms with Gasteiger partial charge in [-0.3, -0.25) is 0 Å². The van der Waals surface area contributed by atoms with E-state index in [-0.39, 0.29) is 17.9 Å². The van der Waals surface area contributed by atoms with Crippen LogP contribution < -0.4 is 0 Å². The van der Waals surface area contributed by atoms with Gasteiger partial charge in [0.1, 0.15) is 6.10 Å². The number of aliphatic hydroxyl groups is 3. The molecule has 0 spiro atoms. The van der Waals surface area contributed by atoms with Crippen molar-refractivity contribution < 1.29 is 24.9 Å². The molecular formula is C19H30O5. The topological polar surface area (TPSA) is 87.0 Å². The van der Waals surface area contributed by atoms with Gasteiger partial charge in [0.15, 0.2) is 0 Å². The molecule has 2 rings (SSSR count). The predicted octanol–water partition coefficient (Wildman–Crippen LogP) is 2.10. The van der Waals surface area contributed by atoms with Gasteiger partial charge in [0.2, 0.25) is 0 Å². The summed E-state index contributed by atoms with van der Waals surface area (Å²) in [5.74, 6) is -1.30. The number of hydrogen-bond acceptors (Lipinski definition) is 5. The number of ether oxygens (including phenoxy) is 1. The fraction of sp³-hybridized carbons (Fsp3) is 0.737. The second-order valence-corrected chi connectivity index (χ2v) is 7.70. The van der Waals surface area contributed by atoms with Crippen molar-refractivity contribution in [1.82, 2.24) is 0 Å². The van der Waals surface area contributed by atoms with E-state index in [1.165, 1.54) is 5.57 Å². The van der Waals surface area contributed by atoms with Crippen LogP contribution >= 0.6 is 0 Å². The summed E-state index contributed by atoms with van der Waals surface area (Å²) in [6.45, 7) is 9.32. The van der Waals surface area contributed by atoms with E-state index in [1.807, 2.05) is 13.8 Å². The van der Waals surface area contributed by atoms with Crippen LogP contribution in [-0.2, 0) is 9.53 Å². The molecule has 0 radical (unpaired) electrons. The summed E-state index contributed by atoms with van der Waals surface area (Å²) in [5, 5.41) is 31.9. The molecule has 0 aromatic rings. The number of allylic oxidation sites excluding steroid dienone is 2. The third kappa shape index (κ3) is 4.08. The van der Waals surface area contributed by atoms with Crippen molar-refractivity contribution in [3.8, 4) is 0 Å². The lowest BCUT2D eigenvalue weighted by atomic mass is 9.77. The molecule has 2 aliphatic rings. The van der Waals surface area contributed by atoms with Gasteiger partial charge in [-0.1, -0.05) is 25.2 Å². The average Bonchev–Trinajstić information content (AvgIpc) is 2.52. The molecule has 24 heavy (non-hydrogen) atoms. The molecule has 1 aliphatic carbocycles. The molecule has 1 fully saturated rings. The Balaban J connectivity index is 2.33. The summed E-state index contributed by atoms with van der Waals surface area (Å²) in [7, 11) is 0. The van der Waals surface area contributed by atoms with Gasteiger partial charge in [0.05, 0.1) is 17.8 Å². The monoisotopic (exact) mass is 338 g/mol. The number of aliphatic hydroxyl groups excluding tert-OH is 2.